The molecular formula is C7H15NO2. The molecule has 0 aromatic rings. The van der Waals surface area contributed by atoms with Crippen molar-refractivity contribution < 1.29 is 10.2 Å². The van der Waals surface area contributed by atoms with Gasteiger partial charge >= 0.3 is 0 Å². The van der Waals surface area contributed by atoms with E-state index in [-0.39, 0.29) is 18.2 Å². The highest BCUT2D eigenvalue weighted by atomic mass is 16.3. The average Bonchev–Trinajstić information content (AvgIpc) is 2.34. The highest BCUT2D eigenvalue weighted by Gasteiger charge is 2.26. The predicted octanol–water partition coefficient (Wildman–Crippen LogP) is -0.520. The minimum absolute atomic E-state index is 0.111. The number of β-amino-alcohol motifs (C(OH)–C–C–N with tert-alkyl or cyclic N) is 1. The summed E-state index contributed by atoms with van der Waals surface area (Å²) in [5, 5.41) is 21.4. The molecule has 0 aromatic carbocycles. The van der Waals surface area contributed by atoms with Gasteiger partial charge in [0, 0.05) is 12.6 Å². The van der Waals surface area contributed by atoms with E-state index in [0.717, 1.165) is 6.42 Å². The van der Waals surface area contributed by atoms with Crippen LogP contribution in [0, 0.1) is 0 Å². The molecule has 1 heterocycles. The van der Waals surface area contributed by atoms with Gasteiger partial charge in [0.15, 0.2) is 0 Å². The fourth-order valence-electron chi connectivity index (χ4n) is 1.32. The summed E-state index contributed by atoms with van der Waals surface area (Å²) < 4.78 is 0. The van der Waals surface area contributed by atoms with Crippen LogP contribution in [0.15, 0.2) is 0 Å². The molecule has 0 aliphatic carbocycles. The van der Waals surface area contributed by atoms with Gasteiger partial charge in [-0.1, -0.05) is 6.92 Å². The zero-order valence-corrected chi connectivity index (χ0v) is 6.25. The maximum atomic E-state index is 9.30. The van der Waals surface area contributed by atoms with Crippen LogP contribution >= 0.6 is 0 Å². The van der Waals surface area contributed by atoms with Crippen LogP contribution in [0.3, 0.4) is 0 Å². The highest BCUT2D eigenvalue weighted by Crippen LogP contribution is 2.11. The third-order valence-corrected chi connectivity index (χ3v) is 2.02. The molecule has 10 heavy (non-hydrogen) atoms. The SMILES string of the molecule is CCC(O)C1CC(O)CN1. The van der Waals surface area contributed by atoms with E-state index in [0.29, 0.717) is 13.0 Å². The van der Waals surface area contributed by atoms with E-state index in [4.69, 9.17) is 5.11 Å². The molecule has 1 aliphatic rings. The van der Waals surface area contributed by atoms with Crippen molar-refractivity contribution in [3.8, 4) is 0 Å². The molecule has 0 radical (unpaired) electrons. The Labute approximate surface area is 61.1 Å². The number of hydrogen-bond donors (Lipinski definition) is 3. The first-order chi connectivity index (χ1) is 4.74. The Morgan fingerprint density at radius 1 is 1.70 bits per heavy atom. The Hall–Kier alpha value is -0.120. The van der Waals surface area contributed by atoms with E-state index in [9.17, 15) is 5.11 Å². The second kappa shape index (κ2) is 3.32. The van der Waals surface area contributed by atoms with Gasteiger partial charge in [-0.3, -0.25) is 0 Å². The molecule has 1 aliphatic heterocycles. The van der Waals surface area contributed by atoms with Gasteiger partial charge < -0.3 is 15.5 Å². The average molecular weight is 145 g/mol. The fourth-order valence-corrected chi connectivity index (χ4v) is 1.32. The Kier molecular flexibility index (Phi) is 2.65. The van der Waals surface area contributed by atoms with Gasteiger partial charge in [0.25, 0.3) is 0 Å². The van der Waals surface area contributed by atoms with Crippen LogP contribution in [-0.4, -0.2) is 35.0 Å². The summed E-state index contributed by atoms with van der Waals surface area (Å²) in [4.78, 5) is 0. The van der Waals surface area contributed by atoms with E-state index >= 15 is 0 Å². The van der Waals surface area contributed by atoms with Gasteiger partial charge in [0.1, 0.15) is 0 Å². The second-order valence-corrected chi connectivity index (χ2v) is 2.88. The number of rotatable bonds is 2. The van der Waals surface area contributed by atoms with Crippen LogP contribution in [0.1, 0.15) is 19.8 Å². The molecular weight excluding hydrogens is 130 g/mol. The van der Waals surface area contributed by atoms with E-state index in [1.54, 1.807) is 0 Å². The molecule has 60 valence electrons. The van der Waals surface area contributed by atoms with Crippen molar-refractivity contribution in [1.29, 1.82) is 0 Å². The Morgan fingerprint density at radius 3 is 2.80 bits per heavy atom. The monoisotopic (exact) mass is 145 g/mol. The van der Waals surface area contributed by atoms with Crippen molar-refractivity contribution in [2.45, 2.75) is 38.0 Å². The lowest BCUT2D eigenvalue weighted by Crippen LogP contribution is -2.33. The standard InChI is InChI=1S/C7H15NO2/c1-2-7(10)6-3-5(9)4-8-6/h5-10H,2-4H2,1H3. The Morgan fingerprint density at radius 2 is 2.40 bits per heavy atom. The number of hydrogen-bond acceptors (Lipinski definition) is 3. The first-order valence-corrected chi connectivity index (χ1v) is 3.83. The fraction of sp³-hybridized carbons (Fsp3) is 1.00. The zero-order valence-electron chi connectivity index (χ0n) is 6.25. The maximum Gasteiger partial charge on any atom is 0.0691 e. The molecule has 1 fully saturated rings. The first kappa shape index (κ1) is 7.98. The second-order valence-electron chi connectivity index (χ2n) is 2.88. The molecule has 1 rings (SSSR count). The van der Waals surface area contributed by atoms with Crippen LogP contribution in [0.25, 0.3) is 0 Å². The largest absolute Gasteiger partial charge is 0.392 e. The van der Waals surface area contributed by atoms with Crippen molar-refractivity contribution in [3.63, 3.8) is 0 Å². The molecule has 0 amide bonds. The Balaban J connectivity index is 2.29. The van der Waals surface area contributed by atoms with Crippen LogP contribution in [-0.2, 0) is 0 Å². The van der Waals surface area contributed by atoms with Crippen molar-refractivity contribution in [3.05, 3.63) is 0 Å². The molecule has 3 N–H and O–H groups in total. The van der Waals surface area contributed by atoms with Crippen LogP contribution < -0.4 is 5.32 Å². The van der Waals surface area contributed by atoms with Crippen molar-refractivity contribution in [2.24, 2.45) is 0 Å². The summed E-state index contributed by atoms with van der Waals surface area (Å²) in [5.74, 6) is 0. The molecule has 3 nitrogen and oxygen atoms in total. The van der Waals surface area contributed by atoms with Gasteiger partial charge in [-0.05, 0) is 12.8 Å². The minimum atomic E-state index is -0.294. The van der Waals surface area contributed by atoms with Crippen LogP contribution in [0.4, 0.5) is 0 Å². The molecule has 3 unspecified atom stereocenters. The maximum absolute atomic E-state index is 9.30. The van der Waals surface area contributed by atoms with Gasteiger partial charge in [-0.25, -0.2) is 0 Å². The topological polar surface area (TPSA) is 52.5 Å². The molecule has 0 saturated carbocycles. The lowest BCUT2D eigenvalue weighted by Gasteiger charge is -2.15. The summed E-state index contributed by atoms with van der Waals surface area (Å²) >= 11 is 0. The van der Waals surface area contributed by atoms with E-state index < -0.39 is 0 Å². The van der Waals surface area contributed by atoms with Crippen LogP contribution in [0.5, 0.6) is 0 Å². The van der Waals surface area contributed by atoms with E-state index in [1.807, 2.05) is 6.92 Å². The van der Waals surface area contributed by atoms with Crippen molar-refractivity contribution in [1.82, 2.24) is 5.32 Å². The first-order valence-electron chi connectivity index (χ1n) is 3.83. The van der Waals surface area contributed by atoms with Gasteiger partial charge in [0.2, 0.25) is 0 Å². The lowest BCUT2D eigenvalue weighted by molar-refractivity contribution is 0.121. The van der Waals surface area contributed by atoms with Gasteiger partial charge in [-0.15, -0.1) is 0 Å². The summed E-state index contributed by atoms with van der Waals surface area (Å²) in [7, 11) is 0. The quantitative estimate of drug-likeness (QED) is 0.490. The smallest absolute Gasteiger partial charge is 0.0691 e. The van der Waals surface area contributed by atoms with Gasteiger partial charge in [-0.2, -0.15) is 0 Å². The Bertz CT molecular complexity index is 108. The zero-order chi connectivity index (χ0) is 7.56. The number of nitrogens with one attached hydrogen (secondary N) is 1. The summed E-state index contributed by atoms with van der Waals surface area (Å²) in [6, 6.07) is 0.111. The normalized spacial score (nSPS) is 36.3. The highest BCUT2D eigenvalue weighted by molar-refractivity contribution is 4.85. The number of aliphatic hydroxyl groups excluding tert-OH is 2. The molecule has 0 spiro atoms. The molecule has 0 bridgehead atoms. The minimum Gasteiger partial charge on any atom is -0.392 e. The van der Waals surface area contributed by atoms with Crippen molar-refractivity contribution in [2.75, 3.05) is 6.54 Å². The molecule has 3 atom stereocenters. The third kappa shape index (κ3) is 1.68. The molecule has 1 saturated heterocycles. The van der Waals surface area contributed by atoms with Crippen molar-refractivity contribution >= 4 is 0 Å². The lowest BCUT2D eigenvalue weighted by atomic mass is 10.1. The third-order valence-electron chi connectivity index (χ3n) is 2.02. The molecule has 0 aromatic heterocycles. The summed E-state index contributed by atoms with van der Waals surface area (Å²) in [6.45, 7) is 2.57. The van der Waals surface area contributed by atoms with E-state index in [1.165, 1.54) is 0 Å². The summed E-state index contributed by atoms with van der Waals surface area (Å²) in [5.41, 5.74) is 0. The number of aliphatic hydroxyl groups is 2. The van der Waals surface area contributed by atoms with E-state index in [2.05, 4.69) is 5.32 Å². The van der Waals surface area contributed by atoms with Gasteiger partial charge in [0.05, 0.1) is 12.2 Å². The molecule has 3 heteroatoms. The van der Waals surface area contributed by atoms with Crippen LogP contribution in [0.2, 0.25) is 0 Å². The predicted molar refractivity (Wildman–Crippen MR) is 38.7 cm³/mol. The summed E-state index contributed by atoms with van der Waals surface area (Å²) in [6.07, 6.45) is 0.891.